The van der Waals surface area contributed by atoms with Crippen LogP contribution in [0.3, 0.4) is 0 Å². The molecule has 2 heterocycles. The highest BCUT2D eigenvalue weighted by atomic mass is 16.2. The van der Waals surface area contributed by atoms with Crippen LogP contribution in [0.1, 0.15) is 17.3 Å². The molecule has 0 fully saturated rings. The number of hydrogen-bond acceptors (Lipinski definition) is 4. The predicted molar refractivity (Wildman–Crippen MR) is 89.9 cm³/mol. The lowest BCUT2D eigenvalue weighted by atomic mass is 10.2. The van der Waals surface area contributed by atoms with Gasteiger partial charge in [0, 0.05) is 13.2 Å². The molecular formula is C16H19N7O. The molecule has 0 saturated heterocycles. The molecule has 3 rings (SSSR count). The normalized spacial score (nSPS) is 10.6. The van der Waals surface area contributed by atoms with E-state index in [9.17, 15) is 4.79 Å². The summed E-state index contributed by atoms with van der Waals surface area (Å²) in [5.74, 6) is 1.44. The molecule has 0 spiro atoms. The molecule has 124 valence electrons. The van der Waals surface area contributed by atoms with Crippen molar-refractivity contribution in [3.63, 3.8) is 0 Å². The zero-order valence-corrected chi connectivity index (χ0v) is 13.8. The van der Waals surface area contributed by atoms with Gasteiger partial charge in [0.1, 0.15) is 11.6 Å². The maximum Gasteiger partial charge on any atom is 0.319 e. The summed E-state index contributed by atoms with van der Waals surface area (Å²) in [6.07, 6.45) is 1.69. The minimum Gasteiger partial charge on any atom is -0.332 e. The Balaban J connectivity index is 1.74. The maximum atomic E-state index is 12.2. The third kappa shape index (κ3) is 3.27. The summed E-state index contributed by atoms with van der Waals surface area (Å²) < 4.78 is 3.43. The van der Waals surface area contributed by atoms with Crippen molar-refractivity contribution in [3.05, 3.63) is 53.9 Å². The Bertz CT molecular complexity index is 865. The minimum absolute atomic E-state index is 0.293. The van der Waals surface area contributed by atoms with Crippen LogP contribution < -0.4 is 10.6 Å². The number of benzene rings is 1. The number of urea groups is 1. The van der Waals surface area contributed by atoms with Crippen LogP contribution in [-0.4, -0.2) is 30.6 Å². The van der Waals surface area contributed by atoms with Crippen molar-refractivity contribution in [1.82, 2.24) is 29.9 Å². The molecule has 0 bridgehead atoms. The van der Waals surface area contributed by atoms with Gasteiger partial charge in [-0.2, -0.15) is 10.2 Å². The van der Waals surface area contributed by atoms with Crippen LogP contribution in [0.5, 0.6) is 0 Å². The Morgan fingerprint density at radius 1 is 1.21 bits per heavy atom. The van der Waals surface area contributed by atoms with E-state index in [0.717, 1.165) is 17.2 Å². The topological polar surface area (TPSA) is 89.7 Å². The van der Waals surface area contributed by atoms with Gasteiger partial charge in [-0.05, 0) is 32.0 Å². The number of para-hydroxylation sites is 2. The summed E-state index contributed by atoms with van der Waals surface area (Å²) in [6, 6.07) is 9.03. The van der Waals surface area contributed by atoms with E-state index < -0.39 is 0 Å². The number of carbonyl (C=O) groups is 1. The lowest BCUT2D eigenvalue weighted by molar-refractivity contribution is 0.251. The van der Waals surface area contributed by atoms with E-state index in [1.807, 2.05) is 51.2 Å². The maximum absolute atomic E-state index is 12.2. The van der Waals surface area contributed by atoms with Crippen LogP contribution >= 0.6 is 0 Å². The molecule has 2 amide bonds. The van der Waals surface area contributed by atoms with Crippen molar-refractivity contribution in [2.24, 2.45) is 7.05 Å². The van der Waals surface area contributed by atoms with Crippen molar-refractivity contribution in [3.8, 4) is 5.69 Å². The molecule has 1 aromatic carbocycles. The first-order valence-corrected chi connectivity index (χ1v) is 7.56. The van der Waals surface area contributed by atoms with Crippen LogP contribution in [0.2, 0.25) is 0 Å². The summed E-state index contributed by atoms with van der Waals surface area (Å²) in [6.45, 7) is 4.10. The Morgan fingerprint density at radius 2 is 2.00 bits per heavy atom. The number of aryl methyl sites for hydroxylation is 3. The van der Waals surface area contributed by atoms with E-state index in [4.69, 9.17) is 0 Å². The summed E-state index contributed by atoms with van der Waals surface area (Å²) in [7, 11) is 1.83. The summed E-state index contributed by atoms with van der Waals surface area (Å²) in [4.78, 5) is 16.5. The standard InChI is InChI=1S/C16H19N7O/c1-11-19-12(2)23(21-11)15-7-5-4-6-14(15)20-16(24)17-10-13-8-9-18-22(13)3/h4-9H,10H2,1-3H3,(H2,17,20,24). The number of anilines is 1. The second-order valence-corrected chi connectivity index (χ2v) is 5.39. The van der Waals surface area contributed by atoms with Crippen molar-refractivity contribution in [2.75, 3.05) is 5.32 Å². The van der Waals surface area contributed by atoms with Gasteiger partial charge in [0.15, 0.2) is 0 Å². The third-order valence-electron chi connectivity index (χ3n) is 3.61. The first-order chi connectivity index (χ1) is 11.5. The Labute approximate surface area is 139 Å². The van der Waals surface area contributed by atoms with Crippen LogP contribution in [0.15, 0.2) is 36.5 Å². The minimum atomic E-state index is -0.293. The Morgan fingerprint density at radius 3 is 2.67 bits per heavy atom. The molecular weight excluding hydrogens is 306 g/mol. The van der Waals surface area contributed by atoms with E-state index in [1.165, 1.54) is 0 Å². The second kappa shape index (κ2) is 6.53. The number of amides is 2. The molecule has 0 saturated carbocycles. The average Bonchev–Trinajstić information content (AvgIpc) is 3.11. The van der Waals surface area contributed by atoms with Gasteiger partial charge in [0.2, 0.25) is 0 Å². The molecule has 24 heavy (non-hydrogen) atoms. The molecule has 8 heteroatoms. The summed E-state index contributed by atoms with van der Waals surface area (Å²) in [5, 5.41) is 14.1. The summed E-state index contributed by atoms with van der Waals surface area (Å²) in [5.41, 5.74) is 2.35. The molecule has 0 aliphatic rings. The monoisotopic (exact) mass is 325 g/mol. The van der Waals surface area contributed by atoms with Crippen LogP contribution in [0, 0.1) is 13.8 Å². The molecule has 0 atom stereocenters. The van der Waals surface area contributed by atoms with E-state index >= 15 is 0 Å². The number of aromatic nitrogens is 5. The largest absolute Gasteiger partial charge is 0.332 e. The van der Waals surface area contributed by atoms with Gasteiger partial charge in [-0.15, -0.1) is 0 Å². The van der Waals surface area contributed by atoms with Crippen LogP contribution in [0.25, 0.3) is 5.69 Å². The van der Waals surface area contributed by atoms with E-state index in [1.54, 1.807) is 15.6 Å². The summed E-state index contributed by atoms with van der Waals surface area (Å²) >= 11 is 0. The molecule has 0 aliphatic heterocycles. The van der Waals surface area contributed by atoms with Gasteiger partial charge in [-0.25, -0.2) is 14.5 Å². The van der Waals surface area contributed by atoms with Gasteiger partial charge >= 0.3 is 6.03 Å². The van der Waals surface area contributed by atoms with Crippen molar-refractivity contribution < 1.29 is 4.79 Å². The molecule has 2 N–H and O–H groups in total. The molecule has 8 nitrogen and oxygen atoms in total. The lowest BCUT2D eigenvalue weighted by Gasteiger charge is -2.12. The fraction of sp³-hybridized carbons (Fsp3) is 0.250. The highest BCUT2D eigenvalue weighted by Crippen LogP contribution is 2.20. The van der Waals surface area contributed by atoms with E-state index in [0.29, 0.717) is 18.1 Å². The molecule has 0 radical (unpaired) electrons. The second-order valence-electron chi connectivity index (χ2n) is 5.39. The van der Waals surface area contributed by atoms with Gasteiger partial charge in [0.25, 0.3) is 0 Å². The highest BCUT2D eigenvalue weighted by Gasteiger charge is 2.12. The fourth-order valence-electron chi connectivity index (χ4n) is 2.43. The molecule has 3 aromatic rings. The lowest BCUT2D eigenvalue weighted by Crippen LogP contribution is -2.29. The number of hydrogen-bond donors (Lipinski definition) is 2. The molecule has 0 unspecified atom stereocenters. The van der Waals surface area contributed by atoms with Gasteiger partial charge in [-0.1, -0.05) is 12.1 Å². The number of nitrogens with one attached hydrogen (secondary N) is 2. The third-order valence-corrected chi connectivity index (χ3v) is 3.61. The van der Waals surface area contributed by atoms with Gasteiger partial charge in [0.05, 0.1) is 23.6 Å². The first kappa shape index (κ1) is 15.7. The first-order valence-electron chi connectivity index (χ1n) is 7.56. The SMILES string of the molecule is Cc1nc(C)n(-c2ccccc2NC(=O)NCc2ccnn2C)n1. The van der Waals surface area contributed by atoms with Gasteiger partial charge in [-0.3, -0.25) is 4.68 Å². The number of nitrogens with zero attached hydrogens (tertiary/aromatic N) is 5. The van der Waals surface area contributed by atoms with Crippen LogP contribution in [0.4, 0.5) is 10.5 Å². The van der Waals surface area contributed by atoms with E-state index in [2.05, 4.69) is 25.8 Å². The van der Waals surface area contributed by atoms with Crippen molar-refractivity contribution in [2.45, 2.75) is 20.4 Å². The Kier molecular flexibility index (Phi) is 4.28. The average molecular weight is 325 g/mol. The highest BCUT2D eigenvalue weighted by molar-refractivity contribution is 5.91. The molecule has 2 aromatic heterocycles. The quantitative estimate of drug-likeness (QED) is 0.767. The number of rotatable bonds is 4. The number of carbonyl (C=O) groups excluding carboxylic acids is 1. The van der Waals surface area contributed by atoms with Gasteiger partial charge < -0.3 is 10.6 Å². The Hall–Kier alpha value is -3.16. The predicted octanol–water partition coefficient (Wildman–Crippen LogP) is 1.94. The zero-order chi connectivity index (χ0) is 17.1. The smallest absolute Gasteiger partial charge is 0.319 e. The van der Waals surface area contributed by atoms with Crippen LogP contribution in [-0.2, 0) is 13.6 Å². The van der Waals surface area contributed by atoms with Crippen molar-refractivity contribution in [1.29, 1.82) is 0 Å². The van der Waals surface area contributed by atoms with E-state index in [-0.39, 0.29) is 6.03 Å². The molecule has 0 aliphatic carbocycles. The van der Waals surface area contributed by atoms with Crippen molar-refractivity contribution >= 4 is 11.7 Å². The zero-order valence-electron chi connectivity index (χ0n) is 13.8. The fourth-order valence-corrected chi connectivity index (χ4v) is 2.43.